The van der Waals surface area contributed by atoms with E-state index in [0.717, 1.165) is 31.4 Å². The van der Waals surface area contributed by atoms with Crippen molar-refractivity contribution in [3.05, 3.63) is 47.6 Å². The zero-order valence-corrected chi connectivity index (χ0v) is 29.6. The van der Waals surface area contributed by atoms with E-state index in [2.05, 4.69) is 46.2 Å². The second kappa shape index (κ2) is 14.7. The highest BCUT2D eigenvalue weighted by molar-refractivity contribution is 7.91. The zero-order chi connectivity index (χ0) is 35.6. The average Bonchev–Trinajstić information content (AvgIpc) is 4.01. The molecule has 50 heavy (non-hydrogen) atoms. The van der Waals surface area contributed by atoms with Crippen LogP contribution in [0.5, 0.6) is 5.75 Å². The highest BCUT2D eigenvalue weighted by Crippen LogP contribution is 2.53. The molecule has 13 nitrogen and oxygen atoms in total. The van der Waals surface area contributed by atoms with Gasteiger partial charge >= 0.3 is 6.09 Å². The largest absolute Gasteiger partial charge is 0.496 e. The summed E-state index contributed by atoms with van der Waals surface area (Å²) >= 11 is 0. The smallest absolute Gasteiger partial charge is 0.407 e. The van der Waals surface area contributed by atoms with Gasteiger partial charge in [0.25, 0.3) is 5.91 Å². The third-order valence-corrected chi connectivity index (χ3v) is 12.5. The van der Waals surface area contributed by atoms with Crippen LogP contribution in [0.25, 0.3) is 6.08 Å². The molecule has 0 aromatic heterocycles. The Bertz CT molecular complexity index is 1660. The van der Waals surface area contributed by atoms with Crippen molar-refractivity contribution < 1.29 is 41.8 Å². The zero-order valence-electron chi connectivity index (χ0n) is 28.8. The molecule has 2 unspecified atom stereocenters. The minimum absolute atomic E-state index is 0.111. The fraction of sp³-hybridized carbons (Fsp3) is 0.611. The number of likely N-dealkylation sites (tertiary alicyclic amines) is 1. The first-order valence-corrected chi connectivity index (χ1v) is 19.2. The fourth-order valence-corrected chi connectivity index (χ4v) is 8.63. The van der Waals surface area contributed by atoms with Crippen molar-refractivity contribution in [3.63, 3.8) is 0 Å². The summed E-state index contributed by atoms with van der Waals surface area (Å²) in [4.78, 5) is 53.4. The molecule has 0 radical (unpaired) electrons. The summed E-state index contributed by atoms with van der Waals surface area (Å²) in [6.45, 7) is 3.64. The Labute approximate surface area is 293 Å². The Balaban J connectivity index is 0.914. The van der Waals surface area contributed by atoms with E-state index in [4.69, 9.17) is 14.2 Å². The number of allylic oxidation sites excluding steroid dienone is 1. The first kappa shape index (κ1) is 35.9. The van der Waals surface area contributed by atoms with Crippen LogP contribution in [0.4, 0.5) is 4.79 Å². The van der Waals surface area contributed by atoms with Crippen LogP contribution in [-0.2, 0) is 40.3 Å². The number of methoxy groups -OCH3 is 2. The maximum atomic E-state index is 13.5. The summed E-state index contributed by atoms with van der Waals surface area (Å²) in [5.41, 5.74) is 2.47. The van der Waals surface area contributed by atoms with E-state index < -0.39 is 62.7 Å². The van der Waals surface area contributed by atoms with Crippen molar-refractivity contribution in [2.75, 3.05) is 33.9 Å². The van der Waals surface area contributed by atoms with Crippen LogP contribution in [-0.4, -0.2) is 94.0 Å². The Hall–Kier alpha value is -3.91. The molecule has 4 amide bonds. The van der Waals surface area contributed by atoms with Crippen LogP contribution < -0.4 is 20.1 Å². The second-order valence-corrected chi connectivity index (χ2v) is 16.1. The van der Waals surface area contributed by atoms with E-state index in [-0.39, 0.29) is 32.5 Å². The van der Waals surface area contributed by atoms with Crippen LogP contribution in [0.2, 0.25) is 0 Å². The van der Waals surface area contributed by atoms with Gasteiger partial charge in [-0.1, -0.05) is 37.1 Å². The molecular weight excluding hydrogens is 664 g/mol. The van der Waals surface area contributed by atoms with Crippen molar-refractivity contribution in [1.29, 1.82) is 0 Å². The van der Waals surface area contributed by atoms with Gasteiger partial charge in [-0.15, -0.1) is 6.58 Å². The lowest BCUT2D eigenvalue weighted by molar-refractivity contribution is -0.139. The Morgan fingerprint density at radius 3 is 2.56 bits per heavy atom. The third-order valence-electron chi connectivity index (χ3n) is 10.7. The number of fused-ring (bicyclic) bond motifs is 3. The summed E-state index contributed by atoms with van der Waals surface area (Å²) in [6, 6.07) is 3.48. The summed E-state index contributed by atoms with van der Waals surface area (Å²) < 4.78 is 43.3. The number of carbonyl (C=O) groups excluding carboxylic acids is 4. The lowest BCUT2D eigenvalue weighted by Gasteiger charge is -2.26. The molecule has 0 bridgehead atoms. The van der Waals surface area contributed by atoms with Gasteiger partial charge in [0.05, 0.1) is 25.1 Å². The lowest BCUT2D eigenvalue weighted by Crippen LogP contribution is -2.57. The standard InChI is InChI=1S/C36H48N4O9S/c1-4-25-19-36(25,34(43)39-50(45,46)27-12-13-27)38-33(42)30-18-26(47-2)21-40(30)32(41)20-37-35(44)49-14-8-6-5-7-9-24-16-29-23(17-31(24)48-3)11-10-22-15-28(22)29/h4,10-11,16-17,22,25-28,30H,1,5-9,12-15,18-21H2,2-3H3,(H,37,44)(H,38,42)(H,39,43)/t22?,25-,26+,28?,30+,36-/m1/s1. The van der Waals surface area contributed by atoms with E-state index in [9.17, 15) is 27.6 Å². The number of alkyl carbamates (subject to hydrolysis) is 1. The van der Waals surface area contributed by atoms with E-state index in [1.54, 1.807) is 7.11 Å². The topological polar surface area (TPSA) is 169 Å². The minimum atomic E-state index is -3.83. The van der Waals surface area contributed by atoms with Gasteiger partial charge in [0.1, 0.15) is 23.9 Å². The van der Waals surface area contributed by atoms with E-state index in [1.807, 2.05) is 0 Å². The van der Waals surface area contributed by atoms with Gasteiger partial charge in [0, 0.05) is 26.0 Å². The molecule has 1 heterocycles. The molecule has 4 aliphatic carbocycles. The molecule has 3 N–H and O–H groups in total. The SMILES string of the molecule is C=C[C@@H]1C[C@]1(NC(=O)[C@@H]1C[C@H](OC)CN1C(=O)CNC(=O)OCCCCCCc1cc2c(cc1OC)C=CC1CC21)C(=O)NS(=O)(=O)C1CC1. The van der Waals surface area contributed by atoms with Crippen LogP contribution >= 0.6 is 0 Å². The number of amides is 4. The monoisotopic (exact) mass is 712 g/mol. The lowest BCUT2D eigenvalue weighted by atomic mass is 9.92. The molecule has 3 saturated carbocycles. The number of hydrogen-bond acceptors (Lipinski definition) is 9. The molecule has 6 rings (SSSR count). The maximum Gasteiger partial charge on any atom is 0.407 e. The van der Waals surface area contributed by atoms with Crippen LogP contribution in [0.1, 0.15) is 80.4 Å². The number of benzene rings is 1. The van der Waals surface area contributed by atoms with Gasteiger partial charge in [0.15, 0.2) is 0 Å². The van der Waals surface area contributed by atoms with Crippen LogP contribution in [0, 0.1) is 11.8 Å². The van der Waals surface area contributed by atoms with Gasteiger partial charge in [0.2, 0.25) is 21.8 Å². The van der Waals surface area contributed by atoms with E-state index in [1.165, 1.54) is 41.2 Å². The maximum absolute atomic E-state index is 13.5. The van der Waals surface area contributed by atoms with Gasteiger partial charge < -0.3 is 29.7 Å². The molecule has 272 valence electrons. The fourth-order valence-electron chi connectivity index (χ4n) is 7.27. The Morgan fingerprint density at radius 1 is 1.08 bits per heavy atom. The first-order chi connectivity index (χ1) is 24.0. The van der Waals surface area contributed by atoms with Crippen LogP contribution in [0.15, 0.2) is 30.9 Å². The number of hydrogen-bond donors (Lipinski definition) is 3. The quantitative estimate of drug-likeness (QED) is 0.162. The van der Waals surface area contributed by atoms with Crippen molar-refractivity contribution >= 4 is 39.9 Å². The van der Waals surface area contributed by atoms with Crippen molar-refractivity contribution in [1.82, 2.24) is 20.3 Å². The summed E-state index contributed by atoms with van der Waals surface area (Å²) in [5.74, 6) is -0.113. The number of sulfonamides is 1. The van der Waals surface area contributed by atoms with E-state index >= 15 is 0 Å². The molecule has 1 aliphatic heterocycles. The first-order valence-electron chi connectivity index (χ1n) is 17.6. The van der Waals surface area contributed by atoms with Crippen LogP contribution in [0.3, 0.4) is 0 Å². The van der Waals surface area contributed by atoms with Gasteiger partial charge in [-0.25, -0.2) is 13.2 Å². The Kier molecular flexibility index (Phi) is 10.6. The average molecular weight is 713 g/mol. The van der Waals surface area contributed by atoms with Crippen molar-refractivity contribution in [2.24, 2.45) is 11.8 Å². The van der Waals surface area contributed by atoms with Gasteiger partial charge in [-0.05, 0) is 79.5 Å². The number of ether oxygens (including phenoxy) is 3. The highest BCUT2D eigenvalue weighted by Gasteiger charge is 2.61. The molecule has 1 saturated heterocycles. The molecule has 6 atom stereocenters. The second-order valence-electron chi connectivity index (χ2n) is 14.1. The molecule has 0 spiro atoms. The number of unbranched alkanes of at least 4 members (excludes halogenated alkanes) is 3. The predicted octanol–water partition coefficient (Wildman–Crippen LogP) is 2.94. The number of nitrogens with one attached hydrogen (secondary N) is 3. The molecule has 14 heteroatoms. The minimum Gasteiger partial charge on any atom is -0.496 e. The van der Waals surface area contributed by atoms with Gasteiger partial charge in [-0.3, -0.25) is 19.1 Å². The molecule has 1 aromatic carbocycles. The summed E-state index contributed by atoms with van der Waals surface area (Å²) in [7, 11) is -0.642. The van der Waals surface area contributed by atoms with Crippen molar-refractivity contribution in [2.45, 2.75) is 93.1 Å². The molecule has 5 aliphatic rings. The number of rotatable bonds is 17. The molecule has 1 aromatic rings. The van der Waals surface area contributed by atoms with E-state index in [0.29, 0.717) is 31.1 Å². The molecular formula is C36H48N4O9S. The Morgan fingerprint density at radius 2 is 1.86 bits per heavy atom. The van der Waals surface area contributed by atoms with Gasteiger partial charge in [-0.2, -0.15) is 0 Å². The summed E-state index contributed by atoms with van der Waals surface area (Å²) in [6.07, 6.45) is 11.9. The third kappa shape index (κ3) is 7.85. The predicted molar refractivity (Wildman–Crippen MR) is 185 cm³/mol. The van der Waals surface area contributed by atoms with Crippen molar-refractivity contribution in [3.8, 4) is 5.75 Å². The highest BCUT2D eigenvalue weighted by atomic mass is 32.2. The number of nitrogens with zero attached hydrogens (tertiary/aromatic N) is 1. The number of aryl methyl sites for hydroxylation is 1. The number of carbonyl (C=O) groups is 4. The normalized spacial score (nSPS) is 27.4. The summed E-state index contributed by atoms with van der Waals surface area (Å²) in [5, 5.41) is 4.57. The molecule has 4 fully saturated rings.